The highest BCUT2D eigenvalue weighted by atomic mass is 16.4. The van der Waals surface area contributed by atoms with Crippen LogP contribution in [0.15, 0.2) is 0 Å². The van der Waals surface area contributed by atoms with Gasteiger partial charge in [0.1, 0.15) is 0 Å². The highest BCUT2D eigenvalue weighted by Gasteiger charge is 2.31. The smallest absolute Gasteiger partial charge is 0.317 e. The first-order chi connectivity index (χ1) is 9.85. The second-order valence-corrected chi connectivity index (χ2v) is 6.87. The molecule has 5 nitrogen and oxygen atoms in total. The van der Waals surface area contributed by atoms with E-state index in [1.807, 2.05) is 0 Å². The average molecular weight is 298 g/mol. The fraction of sp³-hybridized carbons (Fsp3) is 0.875. The average Bonchev–Trinajstić information content (AvgIpc) is 2.83. The van der Waals surface area contributed by atoms with Crippen LogP contribution < -0.4 is 5.32 Å². The SMILES string of the molecule is CCCCCC(C)(C)CNC(=O)N1CCCC1CC(=O)O. The summed E-state index contributed by atoms with van der Waals surface area (Å²) in [7, 11) is 0. The lowest BCUT2D eigenvalue weighted by molar-refractivity contribution is -0.137. The molecule has 1 unspecified atom stereocenters. The Morgan fingerprint density at radius 1 is 1.33 bits per heavy atom. The zero-order valence-corrected chi connectivity index (χ0v) is 13.7. The molecule has 1 aliphatic heterocycles. The molecule has 2 amide bonds. The Labute approximate surface area is 128 Å². The van der Waals surface area contributed by atoms with Gasteiger partial charge in [-0.2, -0.15) is 0 Å². The molecule has 1 rings (SSSR count). The molecular weight excluding hydrogens is 268 g/mol. The van der Waals surface area contributed by atoms with Crippen molar-refractivity contribution in [3.05, 3.63) is 0 Å². The van der Waals surface area contributed by atoms with Crippen molar-refractivity contribution in [2.75, 3.05) is 13.1 Å². The highest BCUT2D eigenvalue weighted by Crippen LogP contribution is 2.24. The van der Waals surface area contributed by atoms with E-state index >= 15 is 0 Å². The Morgan fingerprint density at radius 2 is 2.05 bits per heavy atom. The van der Waals surface area contributed by atoms with Gasteiger partial charge < -0.3 is 15.3 Å². The quantitative estimate of drug-likeness (QED) is 0.676. The lowest BCUT2D eigenvalue weighted by atomic mass is 9.87. The molecule has 122 valence electrons. The van der Waals surface area contributed by atoms with Crippen molar-refractivity contribution in [1.29, 1.82) is 0 Å². The van der Waals surface area contributed by atoms with Crippen molar-refractivity contribution in [2.45, 2.75) is 71.8 Å². The van der Waals surface area contributed by atoms with Crippen molar-refractivity contribution in [2.24, 2.45) is 5.41 Å². The molecule has 0 bridgehead atoms. The molecule has 1 fully saturated rings. The van der Waals surface area contributed by atoms with Crippen molar-refractivity contribution in [3.8, 4) is 0 Å². The van der Waals surface area contributed by atoms with Crippen LogP contribution in [0, 0.1) is 5.41 Å². The highest BCUT2D eigenvalue weighted by molar-refractivity contribution is 5.76. The minimum absolute atomic E-state index is 0.0489. The van der Waals surface area contributed by atoms with E-state index in [0.29, 0.717) is 13.1 Å². The van der Waals surface area contributed by atoms with Crippen LogP contribution in [0.4, 0.5) is 4.79 Å². The van der Waals surface area contributed by atoms with Gasteiger partial charge in [-0.05, 0) is 24.7 Å². The Kier molecular flexibility index (Phi) is 6.99. The van der Waals surface area contributed by atoms with Crippen LogP contribution >= 0.6 is 0 Å². The zero-order valence-electron chi connectivity index (χ0n) is 13.7. The summed E-state index contributed by atoms with van der Waals surface area (Å²) in [5.41, 5.74) is 0.0901. The number of carboxylic acids is 1. The third-order valence-electron chi connectivity index (χ3n) is 4.22. The first-order valence-electron chi connectivity index (χ1n) is 8.12. The summed E-state index contributed by atoms with van der Waals surface area (Å²) < 4.78 is 0. The third kappa shape index (κ3) is 6.36. The molecule has 5 heteroatoms. The number of amides is 2. The standard InChI is InChI=1S/C16H30N2O3/c1-4-5-6-9-16(2,3)12-17-15(21)18-10-7-8-13(18)11-14(19)20/h13H,4-12H2,1-3H3,(H,17,21)(H,19,20). The number of likely N-dealkylation sites (tertiary alicyclic amines) is 1. The van der Waals surface area contributed by atoms with E-state index in [2.05, 4.69) is 26.1 Å². The van der Waals surface area contributed by atoms with Crippen molar-refractivity contribution >= 4 is 12.0 Å². The van der Waals surface area contributed by atoms with Gasteiger partial charge in [-0.25, -0.2) is 4.79 Å². The Morgan fingerprint density at radius 3 is 2.67 bits per heavy atom. The van der Waals surface area contributed by atoms with Gasteiger partial charge >= 0.3 is 12.0 Å². The van der Waals surface area contributed by atoms with Gasteiger partial charge in [0.25, 0.3) is 0 Å². The van der Waals surface area contributed by atoms with Crippen LogP contribution in [0.3, 0.4) is 0 Å². The van der Waals surface area contributed by atoms with Crippen LogP contribution in [0.25, 0.3) is 0 Å². The topological polar surface area (TPSA) is 69.6 Å². The molecule has 1 heterocycles. The molecule has 0 aromatic heterocycles. The maximum Gasteiger partial charge on any atom is 0.317 e. The molecule has 0 saturated carbocycles. The molecule has 1 atom stereocenters. The first kappa shape index (κ1) is 17.8. The second kappa shape index (κ2) is 8.25. The van der Waals surface area contributed by atoms with Gasteiger partial charge in [-0.15, -0.1) is 0 Å². The molecule has 1 aliphatic rings. The van der Waals surface area contributed by atoms with Gasteiger partial charge in [-0.1, -0.05) is 40.0 Å². The molecule has 0 aromatic carbocycles. The van der Waals surface area contributed by atoms with Crippen LogP contribution in [-0.2, 0) is 4.79 Å². The van der Waals surface area contributed by atoms with Gasteiger partial charge in [0.2, 0.25) is 0 Å². The van der Waals surface area contributed by atoms with Crippen LogP contribution in [-0.4, -0.2) is 41.1 Å². The number of rotatable bonds is 8. The summed E-state index contributed by atoms with van der Waals surface area (Å²) in [5.74, 6) is -0.834. The number of carbonyl (C=O) groups is 2. The van der Waals surface area contributed by atoms with Crippen LogP contribution in [0.2, 0.25) is 0 Å². The molecular formula is C16H30N2O3. The predicted octanol–water partition coefficient (Wildman–Crippen LogP) is 3.24. The summed E-state index contributed by atoms with van der Waals surface area (Å²) in [6.07, 6.45) is 6.44. The Hall–Kier alpha value is -1.26. The summed E-state index contributed by atoms with van der Waals surface area (Å²) >= 11 is 0. The molecule has 21 heavy (non-hydrogen) atoms. The van der Waals surface area contributed by atoms with Gasteiger partial charge in [0.05, 0.1) is 6.42 Å². The molecule has 0 spiro atoms. The van der Waals surface area contributed by atoms with E-state index in [4.69, 9.17) is 5.11 Å². The Balaban J connectivity index is 2.39. The molecule has 0 aromatic rings. The number of urea groups is 1. The number of hydrogen-bond acceptors (Lipinski definition) is 2. The number of nitrogens with one attached hydrogen (secondary N) is 1. The van der Waals surface area contributed by atoms with E-state index in [9.17, 15) is 9.59 Å². The summed E-state index contributed by atoms with van der Waals surface area (Å²) in [6.45, 7) is 7.83. The second-order valence-electron chi connectivity index (χ2n) is 6.87. The number of nitrogens with zero attached hydrogens (tertiary/aromatic N) is 1. The fourth-order valence-electron chi connectivity index (χ4n) is 2.88. The summed E-state index contributed by atoms with van der Waals surface area (Å²) in [5, 5.41) is 11.9. The largest absolute Gasteiger partial charge is 0.481 e. The maximum atomic E-state index is 12.2. The normalized spacial score (nSPS) is 18.8. The van der Waals surface area contributed by atoms with Crippen LogP contribution in [0.5, 0.6) is 0 Å². The van der Waals surface area contributed by atoms with E-state index < -0.39 is 5.97 Å². The lowest BCUT2D eigenvalue weighted by Crippen LogP contribution is -2.46. The monoisotopic (exact) mass is 298 g/mol. The maximum absolute atomic E-state index is 12.2. The van der Waals surface area contributed by atoms with Crippen LogP contribution in [0.1, 0.15) is 65.7 Å². The number of hydrogen-bond donors (Lipinski definition) is 2. The van der Waals surface area contributed by atoms with Crippen molar-refractivity contribution in [3.63, 3.8) is 0 Å². The Bertz CT molecular complexity index is 355. The van der Waals surface area contributed by atoms with Gasteiger partial charge in [0, 0.05) is 19.1 Å². The number of carboxylic acid groups (broad SMARTS) is 1. The minimum Gasteiger partial charge on any atom is -0.481 e. The molecule has 0 aliphatic carbocycles. The number of aliphatic carboxylic acids is 1. The van der Waals surface area contributed by atoms with Gasteiger partial charge in [-0.3, -0.25) is 4.79 Å². The number of unbranched alkanes of at least 4 members (excludes halogenated alkanes) is 2. The van der Waals surface area contributed by atoms with E-state index in [0.717, 1.165) is 19.3 Å². The molecule has 2 N–H and O–H groups in total. The predicted molar refractivity (Wildman–Crippen MR) is 83.3 cm³/mol. The lowest BCUT2D eigenvalue weighted by Gasteiger charge is -2.29. The fourth-order valence-corrected chi connectivity index (χ4v) is 2.88. The summed E-state index contributed by atoms with van der Waals surface area (Å²) in [4.78, 5) is 24.8. The zero-order chi connectivity index (χ0) is 15.9. The first-order valence-corrected chi connectivity index (χ1v) is 8.12. The van der Waals surface area contributed by atoms with E-state index in [-0.39, 0.29) is 23.9 Å². The van der Waals surface area contributed by atoms with E-state index in [1.54, 1.807) is 4.90 Å². The van der Waals surface area contributed by atoms with Crippen molar-refractivity contribution in [1.82, 2.24) is 10.2 Å². The molecule has 1 saturated heterocycles. The molecule has 0 radical (unpaired) electrons. The van der Waals surface area contributed by atoms with Gasteiger partial charge in [0.15, 0.2) is 0 Å². The third-order valence-corrected chi connectivity index (χ3v) is 4.22. The van der Waals surface area contributed by atoms with E-state index in [1.165, 1.54) is 19.3 Å². The summed E-state index contributed by atoms with van der Waals surface area (Å²) in [6, 6.07) is -0.256. The number of carbonyl (C=O) groups excluding carboxylic acids is 1. The van der Waals surface area contributed by atoms with Crippen molar-refractivity contribution < 1.29 is 14.7 Å². The minimum atomic E-state index is -0.834.